The fraction of sp³-hybridized carbons (Fsp3) is 0.150. The fourth-order valence-corrected chi connectivity index (χ4v) is 3.41. The van der Waals surface area contributed by atoms with Crippen molar-refractivity contribution in [1.82, 2.24) is 9.97 Å². The molecule has 2 aromatic carbocycles. The molecule has 27 heavy (non-hydrogen) atoms. The molecule has 138 valence electrons. The van der Waals surface area contributed by atoms with Crippen molar-refractivity contribution in [2.45, 2.75) is 11.4 Å². The molecule has 0 unspecified atom stereocenters. The lowest BCUT2D eigenvalue weighted by Crippen LogP contribution is -2.13. The van der Waals surface area contributed by atoms with E-state index >= 15 is 0 Å². The number of hydrogen-bond donors (Lipinski definition) is 1. The molecule has 1 N–H and O–H groups in total. The van der Waals surface area contributed by atoms with Gasteiger partial charge in [-0.1, -0.05) is 41.9 Å². The van der Waals surface area contributed by atoms with Crippen LogP contribution in [0, 0.1) is 0 Å². The first-order chi connectivity index (χ1) is 13.2. The molecule has 0 saturated heterocycles. The number of nitrogens with one attached hydrogen (secondary N) is 1. The Morgan fingerprint density at radius 2 is 1.96 bits per heavy atom. The molecule has 1 heterocycles. The Bertz CT molecular complexity index is 922. The molecular weight excluding hydrogens is 382 g/mol. The molecule has 0 saturated carbocycles. The first kappa shape index (κ1) is 19.2. The Balaban J connectivity index is 1.56. The first-order valence-electron chi connectivity index (χ1n) is 8.29. The van der Waals surface area contributed by atoms with Crippen molar-refractivity contribution < 1.29 is 9.53 Å². The molecule has 0 aliphatic rings. The van der Waals surface area contributed by atoms with Crippen LogP contribution in [0.4, 0.5) is 5.69 Å². The van der Waals surface area contributed by atoms with Crippen LogP contribution in [0.5, 0.6) is 5.75 Å². The Kier molecular flexibility index (Phi) is 6.68. The topological polar surface area (TPSA) is 64.1 Å². The van der Waals surface area contributed by atoms with Gasteiger partial charge in [0.15, 0.2) is 0 Å². The smallest absolute Gasteiger partial charge is 0.225 e. The maximum absolute atomic E-state index is 12.2. The summed E-state index contributed by atoms with van der Waals surface area (Å²) in [4.78, 5) is 20.8. The van der Waals surface area contributed by atoms with E-state index in [9.17, 15) is 4.79 Å². The van der Waals surface area contributed by atoms with Crippen molar-refractivity contribution in [3.8, 4) is 17.0 Å². The number of carbonyl (C=O) groups is 1. The number of methoxy groups -OCH3 is 1. The normalized spacial score (nSPS) is 10.4. The summed E-state index contributed by atoms with van der Waals surface area (Å²) in [5, 5.41) is 4.20. The van der Waals surface area contributed by atoms with E-state index in [1.165, 1.54) is 11.8 Å². The number of hydrogen-bond acceptors (Lipinski definition) is 5. The number of thioether (sulfide) groups is 1. The Hall–Kier alpha value is -2.57. The average Bonchev–Trinajstić information content (AvgIpc) is 2.69. The highest BCUT2D eigenvalue weighted by Crippen LogP contribution is 2.28. The SMILES string of the molecule is COc1ccc(Cl)cc1NC(=O)CCSc1cc(-c2ccccc2)ncn1. The van der Waals surface area contributed by atoms with Gasteiger partial charge in [-0.2, -0.15) is 0 Å². The zero-order valence-corrected chi connectivity index (χ0v) is 16.3. The van der Waals surface area contributed by atoms with Gasteiger partial charge in [0.25, 0.3) is 0 Å². The molecule has 7 heteroatoms. The van der Waals surface area contributed by atoms with Gasteiger partial charge in [-0.3, -0.25) is 4.79 Å². The van der Waals surface area contributed by atoms with E-state index in [1.807, 2.05) is 36.4 Å². The highest BCUT2D eigenvalue weighted by molar-refractivity contribution is 7.99. The molecule has 3 aromatic rings. The van der Waals surface area contributed by atoms with Crippen molar-refractivity contribution >= 4 is 35.0 Å². The minimum atomic E-state index is -0.111. The number of halogens is 1. The molecule has 0 atom stereocenters. The van der Waals surface area contributed by atoms with Crippen LogP contribution in [-0.2, 0) is 4.79 Å². The van der Waals surface area contributed by atoms with Crippen LogP contribution < -0.4 is 10.1 Å². The van der Waals surface area contributed by atoms with Crippen molar-refractivity contribution in [2.24, 2.45) is 0 Å². The summed E-state index contributed by atoms with van der Waals surface area (Å²) in [5.41, 5.74) is 2.46. The Morgan fingerprint density at radius 3 is 2.74 bits per heavy atom. The number of aromatic nitrogens is 2. The molecule has 5 nitrogen and oxygen atoms in total. The van der Waals surface area contributed by atoms with E-state index in [4.69, 9.17) is 16.3 Å². The summed E-state index contributed by atoms with van der Waals surface area (Å²) in [7, 11) is 1.55. The lowest BCUT2D eigenvalue weighted by molar-refractivity contribution is -0.115. The number of rotatable bonds is 7. The third-order valence-electron chi connectivity index (χ3n) is 3.73. The minimum Gasteiger partial charge on any atom is -0.495 e. The lowest BCUT2D eigenvalue weighted by Gasteiger charge is -2.10. The van der Waals surface area contributed by atoms with E-state index in [0.29, 0.717) is 28.6 Å². The Labute approximate surface area is 167 Å². The van der Waals surface area contributed by atoms with Crippen LogP contribution in [0.3, 0.4) is 0 Å². The summed E-state index contributed by atoms with van der Waals surface area (Å²) in [6, 6.07) is 16.9. The van der Waals surface area contributed by atoms with Gasteiger partial charge in [-0.25, -0.2) is 9.97 Å². The van der Waals surface area contributed by atoms with Crippen molar-refractivity contribution in [3.05, 3.63) is 65.9 Å². The zero-order chi connectivity index (χ0) is 19.1. The van der Waals surface area contributed by atoms with Crippen LogP contribution in [0.25, 0.3) is 11.3 Å². The monoisotopic (exact) mass is 399 g/mol. The van der Waals surface area contributed by atoms with Gasteiger partial charge >= 0.3 is 0 Å². The Morgan fingerprint density at radius 1 is 1.15 bits per heavy atom. The third-order valence-corrected chi connectivity index (χ3v) is 4.89. The number of ether oxygens (including phenoxy) is 1. The van der Waals surface area contributed by atoms with Crippen LogP contribution in [0.15, 0.2) is 66.0 Å². The van der Waals surface area contributed by atoms with Crippen LogP contribution in [0.2, 0.25) is 5.02 Å². The highest BCUT2D eigenvalue weighted by Gasteiger charge is 2.09. The van der Waals surface area contributed by atoms with Crippen LogP contribution >= 0.6 is 23.4 Å². The maximum Gasteiger partial charge on any atom is 0.225 e. The maximum atomic E-state index is 12.2. The van der Waals surface area contributed by atoms with Gasteiger partial charge in [-0.05, 0) is 24.3 Å². The first-order valence-corrected chi connectivity index (χ1v) is 9.66. The molecule has 0 aliphatic carbocycles. The average molecular weight is 400 g/mol. The van der Waals surface area contributed by atoms with Crippen LogP contribution in [-0.4, -0.2) is 28.7 Å². The summed E-state index contributed by atoms with van der Waals surface area (Å²) in [6.45, 7) is 0. The van der Waals surface area contributed by atoms with E-state index < -0.39 is 0 Å². The molecule has 0 spiro atoms. The highest BCUT2D eigenvalue weighted by atomic mass is 35.5. The number of nitrogens with zero attached hydrogens (tertiary/aromatic N) is 2. The third kappa shape index (κ3) is 5.45. The largest absolute Gasteiger partial charge is 0.495 e. The van der Waals surface area contributed by atoms with Gasteiger partial charge in [0.05, 0.1) is 23.5 Å². The second-order valence-electron chi connectivity index (χ2n) is 5.60. The predicted molar refractivity (Wildman–Crippen MR) is 109 cm³/mol. The van der Waals surface area contributed by atoms with Crippen molar-refractivity contribution in [1.29, 1.82) is 0 Å². The van der Waals surface area contributed by atoms with Gasteiger partial charge in [0, 0.05) is 22.8 Å². The van der Waals surface area contributed by atoms with Gasteiger partial charge in [0.2, 0.25) is 5.91 Å². The molecule has 0 bridgehead atoms. The van der Waals surface area contributed by atoms with E-state index in [1.54, 1.807) is 31.6 Å². The molecule has 0 radical (unpaired) electrons. The van der Waals surface area contributed by atoms with E-state index in [0.717, 1.165) is 16.3 Å². The molecule has 1 amide bonds. The van der Waals surface area contributed by atoms with Crippen molar-refractivity contribution in [2.75, 3.05) is 18.2 Å². The van der Waals surface area contributed by atoms with Crippen LogP contribution in [0.1, 0.15) is 6.42 Å². The quantitative estimate of drug-likeness (QED) is 0.451. The second kappa shape index (κ2) is 9.39. The zero-order valence-electron chi connectivity index (χ0n) is 14.7. The van der Waals surface area contributed by atoms with Gasteiger partial charge < -0.3 is 10.1 Å². The molecular formula is C20H18ClN3O2S. The fourth-order valence-electron chi connectivity index (χ4n) is 2.42. The number of carbonyl (C=O) groups excluding carboxylic acids is 1. The summed E-state index contributed by atoms with van der Waals surface area (Å²) in [5.74, 6) is 1.06. The molecule has 0 aliphatic heterocycles. The minimum absolute atomic E-state index is 0.111. The summed E-state index contributed by atoms with van der Waals surface area (Å²) in [6.07, 6.45) is 1.88. The molecule has 0 fully saturated rings. The standard InChI is InChI=1S/C20H18ClN3O2S/c1-26-18-8-7-15(21)11-17(18)24-19(25)9-10-27-20-12-16(22-13-23-20)14-5-3-2-4-6-14/h2-8,11-13H,9-10H2,1H3,(H,24,25). The summed E-state index contributed by atoms with van der Waals surface area (Å²) >= 11 is 7.49. The molecule has 1 aromatic heterocycles. The second-order valence-corrected chi connectivity index (χ2v) is 7.15. The lowest BCUT2D eigenvalue weighted by atomic mass is 10.1. The van der Waals surface area contributed by atoms with Gasteiger partial charge in [-0.15, -0.1) is 11.8 Å². The number of benzene rings is 2. The predicted octanol–water partition coefficient (Wildman–Crippen LogP) is 4.93. The van der Waals surface area contributed by atoms with Crippen molar-refractivity contribution in [3.63, 3.8) is 0 Å². The van der Waals surface area contributed by atoms with Gasteiger partial charge in [0.1, 0.15) is 12.1 Å². The van der Waals surface area contributed by atoms with E-state index in [-0.39, 0.29) is 5.91 Å². The molecule has 3 rings (SSSR count). The van der Waals surface area contributed by atoms with E-state index in [2.05, 4.69) is 15.3 Å². The summed E-state index contributed by atoms with van der Waals surface area (Å²) < 4.78 is 5.23. The number of amides is 1. The number of anilines is 1.